The topological polar surface area (TPSA) is 46.6 Å². The van der Waals surface area contributed by atoms with Crippen molar-refractivity contribution in [3.63, 3.8) is 0 Å². The zero-order chi connectivity index (χ0) is 19.7. The molecule has 1 atom stereocenters. The van der Waals surface area contributed by atoms with Gasteiger partial charge in [0.25, 0.3) is 0 Å². The fourth-order valence-corrected chi connectivity index (χ4v) is 3.92. The molecule has 4 nitrogen and oxygen atoms in total. The number of anilines is 1. The van der Waals surface area contributed by atoms with Crippen LogP contribution in [0.25, 0.3) is 10.8 Å². The van der Waals surface area contributed by atoms with Crippen molar-refractivity contribution in [3.05, 3.63) is 77.6 Å². The largest absolute Gasteiger partial charge is 0.465 e. The molecule has 1 aliphatic rings. The second-order valence-electron chi connectivity index (χ2n) is 6.82. The molecule has 1 unspecified atom stereocenters. The molecule has 0 spiro atoms. The molecule has 1 heterocycles. The first-order valence-electron chi connectivity index (χ1n) is 9.31. The molecule has 0 saturated heterocycles. The Morgan fingerprint density at radius 1 is 1.14 bits per heavy atom. The first-order chi connectivity index (χ1) is 13.6. The molecule has 5 heteroatoms. The summed E-state index contributed by atoms with van der Waals surface area (Å²) < 4.78 is 18.9. The maximum atomic E-state index is 13.9. The molecule has 1 amide bonds. The number of carbonyl (C=O) groups excluding carboxylic acids is 2. The summed E-state index contributed by atoms with van der Waals surface area (Å²) in [6.45, 7) is 1.86. The van der Waals surface area contributed by atoms with Crippen LogP contribution >= 0.6 is 0 Å². The normalized spacial score (nSPS) is 16.1. The number of esters is 1. The van der Waals surface area contributed by atoms with Crippen LogP contribution in [0.4, 0.5) is 10.1 Å². The Labute approximate surface area is 162 Å². The Kier molecular flexibility index (Phi) is 4.82. The SMILES string of the molecule is CCOC(=O)CN1C(=O)CC(c2cccc(F)c2)c2c1ccc1ccccc21. The third kappa shape index (κ3) is 3.24. The van der Waals surface area contributed by atoms with Crippen molar-refractivity contribution in [1.29, 1.82) is 0 Å². The monoisotopic (exact) mass is 377 g/mol. The van der Waals surface area contributed by atoms with Gasteiger partial charge in [0.05, 0.1) is 6.61 Å². The maximum absolute atomic E-state index is 13.9. The van der Waals surface area contributed by atoms with Crippen LogP contribution in [0, 0.1) is 5.82 Å². The van der Waals surface area contributed by atoms with Crippen LogP contribution in [0.2, 0.25) is 0 Å². The standard InChI is InChI=1S/C23H20FNO3/c1-2-28-22(27)14-25-20-11-10-15-6-3-4-9-18(15)23(20)19(13-21(25)26)16-7-5-8-17(24)12-16/h3-12,19H,2,13-14H2,1H3. The lowest BCUT2D eigenvalue weighted by atomic mass is 9.81. The highest BCUT2D eigenvalue weighted by molar-refractivity contribution is 6.05. The lowest BCUT2D eigenvalue weighted by Crippen LogP contribution is -2.41. The summed E-state index contributed by atoms with van der Waals surface area (Å²) in [5, 5.41) is 2.03. The van der Waals surface area contributed by atoms with Crippen molar-refractivity contribution in [3.8, 4) is 0 Å². The quantitative estimate of drug-likeness (QED) is 0.633. The van der Waals surface area contributed by atoms with E-state index in [1.54, 1.807) is 13.0 Å². The molecule has 0 aliphatic carbocycles. The van der Waals surface area contributed by atoms with Gasteiger partial charge < -0.3 is 9.64 Å². The van der Waals surface area contributed by atoms with Crippen molar-refractivity contribution in [2.75, 3.05) is 18.1 Å². The number of nitrogens with zero attached hydrogens (tertiary/aromatic N) is 1. The molecule has 0 fully saturated rings. The van der Waals surface area contributed by atoms with E-state index < -0.39 is 5.97 Å². The third-order valence-corrected chi connectivity index (χ3v) is 5.11. The molecule has 4 rings (SSSR count). The molecule has 28 heavy (non-hydrogen) atoms. The second kappa shape index (κ2) is 7.43. The summed E-state index contributed by atoms with van der Waals surface area (Å²) in [5.74, 6) is -1.23. The first kappa shape index (κ1) is 18.2. The van der Waals surface area contributed by atoms with Crippen LogP contribution in [-0.4, -0.2) is 25.0 Å². The van der Waals surface area contributed by atoms with Crippen LogP contribution in [0.1, 0.15) is 30.4 Å². The molecule has 0 aromatic heterocycles. The highest BCUT2D eigenvalue weighted by Gasteiger charge is 2.34. The number of hydrogen-bond donors (Lipinski definition) is 0. The number of hydrogen-bond acceptors (Lipinski definition) is 3. The zero-order valence-electron chi connectivity index (χ0n) is 15.5. The van der Waals surface area contributed by atoms with Gasteiger partial charge in [0.1, 0.15) is 12.4 Å². The van der Waals surface area contributed by atoms with Gasteiger partial charge in [0.2, 0.25) is 5.91 Å². The summed E-state index contributed by atoms with van der Waals surface area (Å²) in [6.07, 6.45) is 0.171. The van der Waals surface area contributed by atoms with E-state index in [2.05, 4.69) is 0 Å². The van der Waals surface area contributed by atoms with Gasteiger partial charge in [-0.05, 0) is 47.0 Å². The van der Waals surface area contributed by atoms with Gasteiger partial charge in [0, 0.05) is 18.0 Å². The Bertz CT molecular complexity index is 1060. The molecule has 142 valence electrons. The fourth-order valence-electron chi connectivity index (χ4n) is 3.92. The van der Waals surface area contributed by atoms with Gasteiger partial charge >= 0.3 is 5.97 Å². The molecule has 0 bridgehead atoms. The number of fused-ring (bicyclic) bond motifs is 3. The number of carbonyl (C=O) groups is 2. The highest BCUT2D eigenvalue weighted by atomic mass is 19.1. The van der Waals surface area contributed by atoms with E-state index in [0.29, 0.717) is 5.69 Å². The van der Waals surface area contributed by atoms with E-state index in [4.69, 9.17) is 4.74 Å². The molecule has 0 saturated carbocycles. The van der Waals surface area contributed by atoms with Gasteiger partial charge in [-0.3, -0.25) is 9.59 Å². The lowest BCUT2D eigenvalue weighted by molar-refractivity contribution is -0.142. The minimum Gasteiger partial charge on any atom is -0.465 e. The van der Waals surface area contributed by atoms with E-state index in [1.807, 2.05) is 42.5 Å². The van der Waals surface area contributed by atoms with Crippen molar-refractivity contribution >= 4 is 28.3 Å². The summed E-state index contributed by atoms with van der Waals surface area (Å²) >= 11 is 0. The average Bonchev–Trinajstić information content (AvgIpc) is 2.69. The first-order valence-corrected chi connectivity index (χ1v) is 9.31. The minimum atomic E-state index is -0.445. The smallest absolute Gasteiger partial charge is 0.326 e. The average molecular weight is 377 g/mol. The van der Waals surface area contributed by atoms with Gasteiger partial charge in [-0.1, -0.05) is 42.5 Å². The number of halogens is 1. The lowest BCUT2D eigenvalue weighted by Gasteiger charge is -2.34. The number of rotatable bonds is 4. The van der Waals surface area contributed by atoms with Gasteiger partial charge in [0.15, 0.2) is 0 Å². The Balaban J connectivity index is 1.89. The zero-order valence-corrected chi connectivity index (χ0v) is 15.5. The van der Waals surface area contributed by atoms with Crippen LogP contribution in [0.5, 0.6) is 0 Å². The van der Waals surface area contributed by atoms with Crippen molar-refractivity contribution < 1.29 is 18.7 Å². The predicted octanol–water partition coefficient (Wildman–Crippen LogP) is 4.41. The van der Waals surface area contributed by atoms with Crippen molar-refractivity contribution in [2.24, 2.45) is 0 Å². The number of ether oxygens (including phenoxy) is 1. The maximum Gasteiger partial charge on any atom is 0.326 e. The van der Waals surface area contributed by atoms with Gasteiger partial charge in [-0.2, -0.15) is 0 Å². The highest BCUT2D eigenvalue weighted by Crippen LogP contribution is 2.44. The van der Waals surface area contributed by atoms with E-state index >= 15 is 0 Å². The minimum absolute atomic E-state index is 0.131. The Hall–Kier alpha value is -3.21. The predicted molar refractivity (Wildman–Crippen MR) is 106 cm³/mol. The summed E-state index contributed by atoms with van der Waals surface area (Å²) in [5.41, 5.74) is 2.37. The number of amides is 1. The van der Waals surface area contributed by atoms with Crippen LogP contribution < -0.4 is 4.90 Å². The summed E-state index contributed by atoms with van der Waals surface area (Å²) in [4.78, 5) is 26.5. The van der Waals surface area contributed by atoms with E-state index in [0.717, 1.165) is 21.9 Å². The van der Waals surface area contributed by atoms with Crippen LogP contribution in [0.3, 0.4) is 0 Å². The van der Waals surface area contributed by atoms with E-state index in [9.17, 15) is 14.0 Å². The molecule has 3 aromatic carbocycles. The van der Waals surface area contributed by atoms with Crippen molar-refractivity contribution in [2.45, 2.75) is 19.3 Å². The molecular weight excluding hydrogens is 357 g/mol. The molecule has 1 aliphatic heterocycles. The second-order valence-corrected chi connectivity index (χ2v) is 6.82. The molecule has 0 N–H and O–H groups in total. The van der Waals surface area contributed by atoms with Crippen molar-refractivity contribution in [1.82, 2.24) is 0 Å². The van der Waals surface area contributed by atoms with Crippen LogP contribution in [0.15, 0.2) is 60.7 Å². The number of benzene rings is 3. The fraction of sp³-hybridized carbons (Fsp3) is 0.217. The molecular formula is C23H20FNO3. The van der Waals surface area contributed by atoms with Gasteiger partial charge in [-0.25, -0.2) is 4.39 Å². The molecule has 0 radical (unpaired) electrons. The van der Waals surface area contributed by atoms with E-state index in [-0.39, 0.29) is 37.2 Å². The third-order valence-electron chi connectivity index (χ3n) is 5.11. The van der Waals surface area contributed by atoms with E-state index in [1.165, 1.54) is 17.0 Å². The molecule has 3 aromatic rings. The van der Waals surface area contributed by atoms with Crippen LogP contribution in [-0.2, 0) is 14.3 Å². The van der Waals surface area contributed by atoms with Gasteiger partial charge in [-0.15, -0.1) is 0 Å². The summed E-state index contributed by atoms with van der Waals surface area (Å²) in [6, 6.07) is 18.1. The Morgan fingerprint density at radius 2 is 1.96 bits per heavy atom. The Morgan fingerprint density at radius 3 is 2.75 bits per heavy atom. The summed E-state index contributed by atoms with van der Waals surface area (Å²) in [7, 11) is 0.